The molecule has 0 saturated heterocycles. The van der Waals surface area contributed by atoms with E-state index in [4.69, 9.17) is 9.84 Å². The molecule has 0 aromatic heterocycles. The average molecular weight is 281 g/mol. The molecule has 6 nitrogen and oxygen atoms in total. The molecule has 6 heteroatoms. The second-order valence-corrected chi connectivity index (χ2v) is 5.43. The van der Waals surface area contributed by atoms with E-state index >= 15 is 0 Å². The van der Waals surface area contributed by atoms with Gasteiger partial charge in [-0.2, -0.15) is 0 Å². The Morgan fingerprint density at radius 1 is 1.30 bits per heavy atom. The molecule has 0 saturated carbocycles. The lowest BCUT2D eigenvalue weighted by molar-refractivity contribution is -0.138. The number of phenols is 1. The summed E-state index contributed by atoms with van der Waals surface area (Å²) < 4.78 is 5.07. The van der Waals surface area contributed by atoms with Crippen LogP contribution in [0.4, 0.5) is 10.5 Å². The monoisotopic (exact) mass is 281 g/mol. The van der Waals surface area contributed by atoms with Crippen LogP contribution in [0.1, 0.15) is 39.2 Å². The van der Waals surface area contributed by atoms with Crippen LogP contribution in [0, 0.1) is 0 Å². The Hall–Kier alpha value is -2.24. The third-order valence-corrected chi connectivity index (χ3v) is 2.54. The van der Waals surface area contributed by atoms with Gasteiger partial charge in [-0.3, -0.25) is 10.1 Å². The van der Waals surface area contributed by atoms with Crippen molar-refractivity contribution < 1.29 is 24.5 Å². The fourth-order valence-corrected chi connectivity index (χ4v) is 1.56. The van der Waals surface area contributed by atoms with E-state index in [1.165, 1.54) is 19.1 Å². The minimum absolute atomic E-state index is 0.116. The van der Waals surface area contributed by atoms with Gasteiger partial charge in [0.2, 0.25) is 0 Å². The predicted octanol–water partition coefficient (Wildman–Crippen LogP) is 2.93. The van der Waals surface area contributed by atoms with Crippen LogP contribution in [0.5, 0.6) is 5.75 Å². The van der Waals surface area contributed by atoms with E-state index in [-0.39, 0.29) is 17.0 Å². The number of aromatic hydroxyl groups is 1. The molecule has 3 N–H and O–H groups in total. The number of phenolic OH excluding ortho intramolecular Hbond substituents is 1. The van der Waals surface area contributed by atoms with Gasteiger partial charge < -0.3 is 14.9 Å². The van der Waals surface area contributed by atoms with Crippen molar-refractivity contribution >= 4 is 17.7 Å². The van der Waals surface area contributed by atoms with Gasteiger partial charge in [0.25, 0.3) is 0 Å². The quantitative estimate of drug-likeness (QED) is 0.740. The number of aliphatic carboxylic acids is 1. The summed E-state index contributed by atoms with van der Waals surface area (Å²) in [5.74, 6) is -2.21. The van der Waals surface area contributed by atoms with Gasteiger partial charge in [0.15, 0.2) is 0 Å². The summed E-state index contributed by atoms with van der Waals surface area (Å²) in [6.45, 7) is 6.61. The van der Waals surface area contributed by atoms with Gasteiger partial charge in [-0.1, -0.05) is 12.1 Å². The van der Waals surface area contributed by atoms with Gasteiger partial charge in [-0.15, -0.1) is 0 Å². The lowest BCUT2D eigenvalue weighted by atomic mass is 9.99. The number of ether oxygens (including phenoxy) is 1. The number of carboxylic acid groups (broad SMARTS) is 1. The van der Waals surface area contributed by atoms with Crippen molar-refractivity contribution in [2.45, 2.75) is 39.2 Å². The summed E-state index contributed by atoms with van der Waals surface area (Å²) in [6.07, 6.45) is -0.715. The van der Waals surface area contributed by atoms with Crippen molar-refractivity contribution in [2.24, 2.45) is 0 Å². The van der Waals surface area contributed by atoms with Crippen LogP contribution in [0.15, 0.2) is 18.2 Å². The molecule has 0 spiro atoms. The molecule has 0 radical (unpaired) electrons. The number of carboxylic acids is 1. The summed E-state index contributed by atoms with van der Waals surface area (Å²) in [5, 5.41) is 21.4. The Bertz CT molecular complexity index is 519. The van der Waals surface area contributed by atoms with E-state index in [2.05, 4.69) is 5.32 Å². The van der Waals surface area contributed by atoms with E-state index in [0.29, 0.717) is 0 Å². The number of amides is 1. The Labute approximate surface area is 117 Å². The normalized spacial score (nSPS) is 12.6. The second kappa shape index (κ2) is 5.81. The molecular formula is C14H19NO5. The molecule has 0 heterocycles. The Kier molecular flexibility index (Phi) is 4.60. The van der Waals surface area contributed by atoms with Crippen molar-refractivity contribution in [3.8, 4) is 5.75 Å². The Morgan fingerprint density at radius 3 is 2.40 bits per heavy atom. The van der Waals surface area contributed by atoms with E-state index in [9.17, 15) is 14.7 Å². The fraction of sp³-hybridized carbons (Fsp3) is 0.429. The molecule has 1 rings (SSSR count). The topological polar surface area (TPSA) is 95.9 Å². The average Bonchev–Trinajstić information content (AvgIpc) is 2.28. The van der Waals surface area contributed by atoms with E-state index < -0.39 is 23.6 Å². The van der Waals surface area contributed by atoms with E-state index in [1.807, 2.05) is 0 Å². The highest BCUT2D eigenvalue weighted by Crippen LogP contribution is 2.33. The first-order valence-electron chi connectivity index (χ1n) is 6.16. The molecule has 1 aromatic carbocycles. The number of hydrogen-bond acceptors (Lipinski definition) is 4. The van der Waals surface area contributed by atoms with Crippen LogP contribution in [-0.4, -0.2) is 27.9 Å². The SMILES string of the molecule is C[C@@H](C(=O)O)c1cccc(NC(=O)OC(C)(C)C)c1O. The van der Waals surface area contributed by atoms with Gasteiger partial charge in [0.1, 0.15) is 11.4 Å². The summed E-state index contributed by atoms with van der Waals surface area (Å²) in [5.41, 5.74) is -0.318. The summed E-state index contributed by atoms with van der Waals surface area (Å²) >= 11 is 0. The number of hydrogen-bond donors (Lipinski definition) is 3. The maximum atomic E-state index is 11.6. The number of rotatable bonds is 3. The van der Waals surface area contributed by atoms with Crippen LogP contribution in [0.2, 0.25) is 0 Å². The lowest BCUT2D eigenvalue weighted by Gasteiger charge is -2.20. The highest BCUT2D eigenvalue weighted by molar-refractivity contribution is 5.88. The van der Waals surface area contributed by atoms with Crippen LogP contribution < -0.4 is 5.32 Å². The summed E-state index contributed by atoms with van der Waals surface area (Å²) in [6, 6.07) is 4.52. The first-order chi connectivity index (χ1) is 9.11. The molecule has 0 aliphatic carbocycles. The molecule has 0 bridgehead atoms. The lowest BCUT2D eigenvalue weighted by Crippen LogP contribution is -2.27. The molecule has 0 fully saturated rings. The molecule has 110 valence electrons. The summed E-state index contributed by atoms with van der Waals surface area (Å²) in [4.78, 5) is 22.6. The number of carbonyl (C=O) groups is 2. The molecule has 20 heavy (non-hydrogen) atoms. The van der Waals surface area contributed by atoms with Crippen molar-refractivity contribution in [3.05, 3.63) is 23.8 Å². The summed E-state index contributed by atoms with van der Waals surface area (Å²) in [7, 11) is 0. The van der Waals surface area contributed by atoms with Crippen molar-refractivity contribution in [2.75, 3.05) is 5.32 Å². The molecule has 1 aromatic rings. The molecule has 1 amide bonds. The predicted molar refractivity (Wildman–Crippen MR) is 74.0 cm³/mol. The van der Waals surface area contributed by atoms with Gasteiger partial charge in [0.05, 0.1) is 11.6 Å². The second-order valence-electron chi connectivity index (χ2n) is 5.43. The van der Waals surface area contributed by atoms with Crippen LogP contribution in [-0.2, 0) is 9.53 Å². The smallest absolute Gasteiger partial charge is 0.412 e. The first-order valence-corrected chi connectivity index (χ1v) is 6.16. The van der Waals surface area contributed by atoms with Gasteiger partial charge in [-0.25, -0.2) is 4.79 Å². The van der Waals surface area contributed by atoms with E-state index in [1.54, 1.807) is 26.8 Å². The maximum Gasteiger partial charge on any atom is 0.412 e. The minimum atomic E-state index is -1.06. The molecule has 0 unspecified atom stereocenters. The fourth-order valence-electron chi connectivity index (χ4n) is 1.56. The van der Waals surface area contributed by atoms with Crippen molar-refractivity contribution in [3.63, 3.8) is 0 Å². The van der Waals surface area contributed by atoms with Crippen LogP contribution in [0.3, 0.4) is 0 Å². The number of para-hydroxylation sites is 1. The standard InChI is InChI=1S/C14H19NO5/c1-8(12(17)18)9-6-5-7-10(11(9)16)15-13(19)20-14(2,3)4/h5-8,16H,1-4H3,(H,15,19)(H,17,18)/t8-/m1/s1. The Morgan fingerprint density at radius 2 is 1.90 bits per heavy atom. The van der Waals surface area contributed by atoms with Crippen LogP contribution in [0.25, 0.3) is 0 Å². The number of anilines is 1. The zero-order chi connectivity index (χ0) is 15.5. The number of carbonyl (C=O) groups excluding carboxylic acids is 1. The van der Waals surface area contributed by atoms with Gasteiger partial charge in [-0.05, 0) is 33.8 Å². The van der Waals surface area contributed by atoms with Crippen molar-refractivity contribution in [1.82, 2.24) is 0 Å². The highest BCUT2D eigenvalue weighted by Gasteiger charge is 2.21. The largest absolute Gasteiger partial charge is 0.505 e. The minimum Gasteiger partial charge on any atom is -0.505 e. The van der Waals surface area contributed by atoms with E-state index in [0.717, 1.165) is 0 Å². The first kappa shape index (κ1) is 15.8. The third-order valence-electron chi connectivity index (χ3n) is 2.54. The molecule has 0 aliphatic rings. The van der Waals surface area contributed by atoms with Gasteiger partial charge in [0, 0.05) is 5.56 Å². The highest BCUT2D eigenvalue weighted by atomic mass is 16.6. The van der Waals surface area contributed by atoms with Crippen LogP contribution >= 0.6 is 0 Å². The van der Waals surface area contributed by atoms with Gasteiger partial charge >= 0.3 is 12.1 Å². The van der Waals surface area contributed by atoms with Crippen molar-refractivity contribution in [1.29, 1.82) is 0 Å². The number of benzene rings is 1. The number of nitrogens with one attached hydrogen (secondary N) is 1. The third kappa shape index (κ3) is 4.15. The Balaban J connectivity index is 2.95. The maximum absolute atomic E-state index is 11.6. The molecule has 0 aliphatic heterocycles. The zero-order valence-corrected chi connectivity index (χ0v) is 11.9. The zero-order valence-electron chi connectivity index (χ0n) is 11.9. The molecule has 1 atom stereocenters. The molecular weight excluding hydrogens is 262 g/mol.